The van der Waals surface area contributed by atoms with Crippen LogP contribution in [0.25, 0.3) is 10.8 Å². The van der Waals surface area contributed by atoms with Crippen LogP contribution in [0.15, 0.2) is 42.5 Å². The number of carbonyl (C=O) groups is 1. The molecular formula is C24H33NO4S. The molecule has 0 aliphatic carbocycles. The number of rotatable bonds is 7. The molecule has 1 aliphatic rings. The first kappa shape index (κ1) is 22.8. The highest BCUT2D eigenvalue weighted by molar-refractivity contribution is 7.99. The summed E-state index contributed by atoms with van der Waals surface area (Å²) in [6, 6.07) is 14.1. The van der Waals surface area contributed by atoms with Gasteiger partial charge in [0.05, 0.1) is 6.10 Å². The number of fused-ring (bicyclic) bond motifs is 1. The Hall–Kier alpha value is -1.92. The van der Waals surface area contributed by atoms with Gasteiger partial charge >= 0.3 is 6.09 Å². The molecule has 0 aromatic heterocycles. The lowest BCUT2D eigenvalue weighted by Gasteiger charge is -2.33. The first-order valence-corrected chi connectivity index (χ1v) is 11.8. The molecule has 1 heterocycles. The van der Waals surface area contributed by atoms with Gasteiger partial charge < -0.3 is 19.5 Å². The number of benzene rings is 2. The lowest BCUT2D eigenvalue weighted by molar-refractivity contribution is 0.0191. The molecule has 1 atom stereocenters. The van der Waals surface area contributed by atoms with Crippen molar-refractivity contribution < 1.29 is 19.4 Å². The molecule has 5 nitrogen and oxygen atoms in total. The molecule has 0 saturated carbocycles. The van der Waals surface area contributed by atoms with E-state index >= 15 is 0 Å². The monoisotopic (exact) mass is 431 g/mol. The number of amides is 1. The van der Waals surface area contributed by atoms with Crippen LogP contribution in [0.5, 0.6) is 5.75 Å². The van der Waals surface area contributed by atoms with Gasteiger partial charge in [0.25, 0.3) is 0 Å². The average molecular weight is 432 g/mol. The van der Waals surface area contributed by atoms with E-state index in [1.54, 1.807) is 16.7 Å². The molecule has 164 valence electrons. The van der Waals surface area contributed by atoms with Crippen molar-refractivity contribution in [3.8, 4) is 5.75 Å². The Morgan fingerprint density at radius 1 is 1.17 bits per heavy atom. The molecule has 1 unspecified atom stereocenters. The zero-order chi connectivity index (χ0) is 21.6. The van der Waals surface area contributed by atoms with Gasteiger partial charge in [-0.15, -0.1) is 0 Å². The zero-order valence-corrected chi connectivity index (χ0v) is 19.0. The Morgan fingerprint density at radius 3 is 2.57 bits per heavy atom. The normalized spacial score (nSPS) is 16.5. The van der Waals surface area contributed by atoms with Crippen LogP contribution in [0.3, 0.4) is 0 Å². The van der Waals surface area contributed by atoms with E-state index in [4.69, 9.17) is 9.47 Å². The van der Waals surface area contributed by atoms with Crippen LogP contribution >= 0.6 is 11.8 Å². The topological polar surface area (TPSA) is 59.0 Å². The highest BCUT2D eigenvalue weighted by Crippen LogP contribution is 2.24. The summed E-state index contributed by atoms with van der Waals surface area (Å²) in [7, 11) is 0. The molecule has 1 saturated heterocycles. The van der Waals surface area contributed by atoms with Crippen molar-refractivity contribution in [3.05, 3.63) is 42.5 Å². The van der Waals surface area contributed by atoms with Crippen LogP contribution in [0.4, 0.5) is 4.79 Å². The van der Waals surface area contributed by atoms with Crippen molar-refractivity contribution in [1.82, 2.24) is 4.90 Å². The summed E-state index contributed by atoms with van der Waals surface area (Å²) < 4.78 is 11.2. The van der Waals surface area contributed by atoms with Crippen molar-refractivity contribution in [3.63, 3.8) is 0 Å². The second kappa shape index (κ2) is 10.4. The number of piperidine rings is 1. The van der Waals surface area contributed by atoms with E-state index in [1.807, 2.05) is 51.1 Å². The fraction of sp³-hybridized carbons (Fsp3) is 0.542. The van der Waals surface area contributed by atoms with Crippen LogP contribution in [0.1, 0.15) is 33.6 Å². The Bertz CT molecular complexity index is 827. The Kier molecular flexibility index (Phi) is 7.89. The molecule has 2 aromatic rings. The minimum Gasteiger partial charge on any atom is -0.491 e. The minimum absolute atomic E-state index is 0.213. The molecule has 6 heteroatoms. The van der Waals surface area contributed by atoms with Crippen molar-refractivity contribution in [2.75, 3.05) is 31.2 Å². The molecule has 1 amide bonds. The third-order valence-electron chi connectivity index (χ3n) is 5.09. The quantitative estimate of drug-likeness (QED) is 0.671. The third-order valence-corrected chi connectivity index (χ3v) is 6.42. The second-order valence-electron chi connectivity index (χ2n) is 8.92. The van der Waals surface area contributed by atoms with E-state index in [1.165, 1.54) is 5.39 Å². The molecule has 0 spiro atoms. The largest absolute Gasteiger partial charge is 0.491 e. The number of aliphatic hydroxyl groups excluding tert-OH is 1. The lowest BCUT2D eigenvalue weighted by Crippen LogP contribution is -2.42. The molecular weight excluding hydrogens is 398 g/mol. The van der Waals surface area contributed by atoms with Gasteiger partial charge in [0, 0.05) is 18.8 Å². The molecule has 1 aliphatic heterocycles. The van der Waals surface area contributed by atoms with Gasteiger partial charge in [0.2, 0.25) is 0 Å². The standard InChI is InChI=1S/C24H33NO4S/c1-24(2,3)29-23(27)25-12-10-18(11-13-25)16-30-17-21(26)15-28-22-9-8-19-6-4-5-7-20(19)14-22/h4-9,14,18,21,26H,10-13,15-17H2,1-3H3. The fourth-order valence-corrected chi connectivity index (χ4v) is 4.65. The van der Waals surface area contributed by atoms with Crippen molar-refractivity contribution >= 4 is 28.6 Å². The predicted octanol–water partition coefficient (Wildman–Crippen LogP) is 4.96. The Labute approximate surface area is 183 Å². The first-order chi connectivity index (χ1) is 14.3. The number of nitrogens with zero attached hydrogens (tertiary/aromatic N) is 1. The predicted molar refractivity (Wildman–Crippen MR) is 123 cm³/mol. The smallest absolute Gasteiger partial charge is 0.410 e. The zero-order valence-electron chi connectivity index (χ0n) is 18.2. The van der Waals surface area contributed by atoms with Gasteiger partial charge in [-0.25, -0.2) is 4.79 Å². The number of likely N-dealkylation sites (tertiary alicyclic amines) is 1. The summed E-state index contributed by atoms with van der Waals surface area (Å²) in [4.78, 5) is 13.9. The summed E-state index contributed by atoms with van der Waals surface area (Å²) >= 11 is 1.76. The molecule has 0 bridgehead atoms. The number of ether oxygens (including phenoxy) is 2. The van der Waals surface area contributed by atoms with Gasteiger partial charge in [-0.2, -0.15) is 11.8 Å². The van der Waals surface area contributed by atoms with Gasteiger partial charge in [0.15, 0.2) is 0 Å². The van der Waals surface area contributed by atoms with Crippen molar-refractivity contribution in [1.29, 1.82) is 0 Å². The van der Waals surface area contributed by atoms with Crippen molar-refractivity contribution in [2.24, 2.45) is 5.92 Å². The summed E-state index contributed by atoms with van der Waals surface area (Å²) in [5, 5.41) is 12.6. The second-order valence-corrected chi connectivity index (χ2v) is 10.00. The van der Waals surface area contributed by atoms with Crippen molar-refractivity contribution in [2.45, 2.75) is 45.3 Å². The first-order valence-electron chi connectivity index (χ1n) is 10.7. The lowest BCUT2D eigenvalue weighted by atomic mass is 9.99. The Balaban J connectivity index is 1.32. The Morgan fingerprint density at radius 2 is 1.87 bits per heavy atom. The van der Waals surface area contributed by atoms with Crippen LogP contribution in [-0.2, 0) is 4.74 Å². The molecule has 30 heavy (non-hydrogen) atoms. The van der Waals surface area contributed by atoms with Crippen LogP contribution in [0, 0.1) is 5.92 Å². The summed E-state index contributed by atoms with van der Waals surface area (Å²) in [5.74, 6) is 3.00. The van der Waals surface area contributed by atoms with Gasteiger partial charge in [0.1, 0.15) is 18.0 Å². The summed E-state index contributed by atoms with van der Waals surface area (Å²) in [6.07, 6.45) is 1.25. The summed E-state index contributed by atoms with van der Waals surface area (Å²) in [5.41, 5.74) is -0.450. The van der Waals surface area contributed by atoms with Gasteiger partial charge in [-0.3, -0.25) is 0 Å². The number of carbonyl (C=O) groups excluding carboxylic acids is 1. The SMILES string of the molecule is CC(C)(C)OC(=O)N1CCC(CSCC(O)COc2ccc3ccccc3c2)CC1. The summed E-state index contributed by atoms with van der Waals surface area (Å²) in [6.45, 7) is 7.46. The molecule has 1 N–H and O–H groups in total. The van der Waals surface area contributed by atoms with Crippen LogP contribution < -0.4 is 4.74 Å². The van der Waals surface area contributed by atoms with E-state index in [-0.39, 0.29) is 6.09 Å². The maximum atomic E-state index is 12.1. The maximum Gasteiger partial charge on any atom is 0.410 e. The average Bonchev–Trinajstić information content (AvgIpc) is 2.71. The molecule has 2 aromatic carbocycles. The van der Waals surface area contributed by atoms with E-state index in [9.17, 15) is 9.90 Å². The molecule has 1 fully saturated rings. The van der Waals surface area contributed by atoms with Gasteiger partial charge in [-0.05, 0) is 68.2 Å². The fourth-order valence-electron chi connectivity index (χ4n) is 3.48. The van der Waals surface area contributed by atoms with Crippen LogP contribution in [-0.4, -0.2) is 59.0 Å². The van der Waals surface area contributed by atoms with E-state index in [0.29, 0.717) is 18.3 Å². The number of thioether (sulfide) groups is 1. The third kappa shape index (κ3) is 7.10. The van der Waals surface area contributed by atoms with Crippen LogP contribution in [0.2, 0.25) is 0 Å². The highest BCUT2D eigenvalue weighted by Gasteiger charge is 2.26. The number of hydrogen-bond donors (Lipinski definition) is 1. The van der Waals surface area contributed by atoms with E-state index in [2.05, 4.69) is 12.1 Å². The molecule has 0 radical (unpaired) electrons. The van der Waals surface area contributed by atoms with Gasteiger partial charge in [-0.1, -0.05) is 30.3 Å². The molecule has 3 rings (SSSR count). The minimum atomic E-state index is -0.497. The maximum absolute atomic E-state index is 12.1. The number of aliphatic hydroxyl groups is 1. The highest BCUT2D eigenvalue weighted by atomic mass is 32.2. The van der Waals surface area contributed by atoms with E-state index in [0.717, 1.165) is 42.8 Å². The van der Waals surface area contributed by atoms with E-state index < -0.39 is 11.7 Å². The number of hydrogen-bond acceptors (Lipinski definition) is 5.